The zero-order chi connectivity index (χ0) is 16.4. The molecule has 1 amide bonds. The number of imidazole rings is 1. The summed E-state index contributed by atoms with van der Waals surface area (Å²) in [6, 6.07) is 3.55. The first-order valence-corrected chi connectivity index (χ1v) is 7.25. The minimum absolute atomic E-state index is 0.125. The van der Waals surface area contributed by atoms with Crippen LogP contribution in [-0.2, 0) is 4.79 Å². The van der Waals surface area contributed by atoms with Gasteiger partial charge in [0, 0.05) is 7.05 Å². The van der Waals surface area contributed by atoms with Crippen LogP contribution in [0.25, 0.3) is 11.2 Å². The number of aromatic nitrogens is 4. The molecule has 8 nitrogen and oxygen atoms in total. The number of likely N-dealkylation sites (N-methyl/N-ethyl adjacent to an activating group) is 1. The Balaban J connectivity index is 1.66. The Hall–Kier alpha value is -2.90. The minimum atomic E-state index is -0.192. The van der Waals surface area contributed by atoms with Gasteiger partial charge >= 0.3 is 0 Å². The number of aryl methyl sites for hydroxylation is 1. The summed E-state index contributed by atoms with van der Waals surface area (Å²) < 4.78 is 5.52. The fourth-order valence-electron chi connectivity index (χ4n) is 2.38. The molecule has 0 aliphatic heterocycles. The molecule has 3 aromatic rings. The number of fused-ring (bicyclic) bond motifs is 1. The van der Waals surface area contributed by atoms with Crippen molar-refractivity contribution in [3.8, 4) is 0 Å². The van der Waals surface area contributed by atoms with E-state index in [9.17, 15) is 4.79 Å². The topological polar surface area (TPSA) is 99.9 Å². The van der Waals surface area contributed by atoms with Gasteiger partial charge in [0.1, 0.15) is 23.4 Å². The van der Waals surface area contributed by atoms with E-state index in [0.29, 0.717) is 17.0 Å². The smallest absolute Gasteiger partial charge is 0.240 e. The molecule has 8 heteroatoms. The quantitative estimate of drug-likeness (QED) is 0.741. The summed E-state index contributed by atoms with van der Waals surface area (Å²) in [6.45, 7) is 3.92. The van der Waals surface area contributed by atoms with E-state index in [0.717, 1.165) is 11.5 Å². The van der Waals surface area contributed by atoms with Crippen molar-refractivity contribution < 1.29 is 9.21 Å². The SMILES string of the molecule is Cc1ccc(C(C)NC(=O)CN(C)c2ncnc3nc[nH]c23)o1. The van der Waals surface area contributed by atoms with Crippen molar-refractivity contribution in [2.45, 2.75) is 19.9 Å². The Morgan fingerprint density at radius 1 is 1.39 bits per heavy atom. The van der Waals surface area contributed by atoms with Gasteiger partial charge in [-0.2, -0.15) is 0 Å². The Bertz CT molecular complexity index is 824. The van der Waals surface area contributed by atoms with Crippen LogP contribution in [0, 0.1) is 6.92 Å². The Morgan fingerprint density at radius 3 is 2.96 bits per heavy atom. The molecule has 0 radical (unpaired) electrons. The van der Waals surface area contributed by atoms with Crippen molar-refractivity contribution in [1.29, 1.82) is 0 Å². The first kappa shape index (κ1) is 15.0. The molecule has 0 aliphatic carbocycles. The molecular weight excluding hydrogens is 296 g/mol. The molecular formula is C15H18N6O2. The van der Waals surface area contributed by atoms with Gasteiger partial charge in [-0.15, -0.1) is 0 Å². The summed E-state index contributed by atoms with van der Waals surface area (Å²) in [4.78, 5) is 29.3. The van der Waals surface area contributed by atoms with Crippen LogP contribution in [0.3, 0.4) is 0 Å². The lowest BCUT2D eigenvalue weighted by Gasteiger charge is -2.19. The van der Waals surface area contributed by atoms with Crippen molar-refractivity contribution >= 4 is 22.9 Å². The van der Waals surface area contributed by atoms with Crippen LogP contribution >= 0.6 is 0 Å². The third kappa shape index (κ3) is 3.15. The molecule has 0 aliphatic rings. The third-order valence-corrected chi connectivity index (χ3v) is 3.51. The molecule has 1 atom stereocenters. The van der Waals surface area contributed by atoms with Gasteiger partial charge in [-0.05, 0) is 26.0 Å². The van der Waals surface area contributed by atoms with E-state index in [1.807, 2.05) is 26.0 Å². The molecule has 0 fully saturated rings. The van der Waals surface area contributed by atoms with Crippen LogP contribution in [0.4, 0.5) is 5.82 Å². The highest BCUT2D eigenvalue weighted by molar-refractivity contribution is 5.87. The van der Waals surface area contributed by atoms with Gasteiger partial charge in [0.25, 0.3) is 0 Å². The normalized spacial score (nSPS) is 12.3. The van der Waals surface area contributed by atoms with Crippen molar-refractivity contribution in [2.75, 3.05) is 18.5 Å². The molecule has 2 N–H and O–H groups in total. The molecule has 0 bridgehead atoms. The average molecular weight is 314 g/mol. The first-order chi connectivity index (χ1) is 11.0. The van der Waals surface area contributed by atoms with Gasteiger partial charge < -0.3 is 19.6 Å². The van der Waals surface area contributed by atoms with Gasteiger partial charge in [0.05, 0.1) is 18.9 Å². The highest BCUT2D eigenvalue weighted by atomic mass is 16.3. The second-order valence-electron chi connectivity index (χ2n) is 5.39. The molecule has 0 saturated heterocycles. The number of rotatable bonds is 5. The van der Waals surface area contributed by atoms with E-state index in [-0.39, 0.29) is 18.5 Å². The molecule has 0 aromatic carbocycles. The Labute approximate surface area is 132 Å². The number of hydrogen-bond acceptors (Lipinski definition) is 6. The average Bonchev–Trinajstić information content (AvgIpc) is 3.14. The molecule has 0 saturated carbocycles. The van der Waals surface area contributed by atoms with Crippen LogP contribution < -0.4 is 10.2 Å². The van der Waals surface area contributed by atoms with E-state index >= 15 is 0 Å². The zero-order valence-corrected chi connectivity index (χ0v) is 13.2. The number of carbonyl (C=O) groups is 1. The minimum Gasteiger partial charge on any atom is -0.464 e. The van der Waals surface area contributed by atoms with Crippen LogP contribution in [0.15, 0.2) is 29.2 Å². The summed E-state index contributed by atoms with van der Waals surface area (Å²) in [7, 11) is 1.80. The van der Waals surface area contributed by atoms with Gasteiger partial charge in [-0.1, -0.05) is 0 Å². The van der Waals surface area contributed by atoms with Crippen molar-refractivity contribution in [1.82, 2.24) is 25.3 Å². The number of aromatic amines is 1. The second kappa shape index (κ2) is 6.07. The molecule has 3 aromatic heterocycles. The molecule has 3 heterocycles. The maximum atomic E-state index is 12.2. The Kier molecular flexibility index (Phi) is 3.96. The number of carbonyl (C=O) groups excluding carboxylic acids is 1. The van der Waals surface area contributed by atoms with E-state index in [1.54, 1.807) is 18.3 Å². The van der Waals surface area contributed by atoms with E-state index < -0.39 is 0 Å². The maximum absolute atomic E-state index is 12.2. The van der Waals surface area contributed by atoms with Crippen LogP contribution in [0.2, 0.25) is 0 Å². The fraction of sp³-hybridized carbons (Fsp3) is 0.333. The van der Waals surface area contributed by atoms with Crippen LogP contribution in [0.5, 0.6) is 0 Å². The highest BCUT2D eigenvalue weighted by Gasteiger charge is 2.17. The Morgan fingerprint density at radius 2 is 2.22 bits per heavy atom. The number of nitrogens with zero attached hydrogens (tertiary/aromatic N) is 4. The maximum Gasteiger partial charge on any atom is 0.240 e. The number of amides is 1. The summed E-state index contributed by atoms with van der Waals surface area (Å²) in [5.74, 6) is 2.06. The van der Waals surface area contributed by atoms with E-state index in [1.165, 1.54) is 6.33 Å². The summed E-state index contributed by atoms with van der Waals surface area (Å²) in [5.41, 5.74) is 1.28. The number of H-pyrrole nitrogens is 1. The molecule has 23 heavy (non-hydrogen) atoms. The van der Waals surface area contributed by atoms with Crippen LogP contribution in [-0.4, -0.2) is 39.4 Å². The lowest BCUT2D eigenvalue weighted by molar-refractivity contribution is -0.120. The number of furan rings is 1. The number of anilines is 1. The third-order valence-electron chi connectivity index (χ3n) is 3.51. The van der Waals surface area contributed by atoms with Crippen molar-refractivity contribution in [2.24, 2.45) is 0 Å². The summed E-state index contributed by atoms with van der Waals surface area (Å²) in [5, 5.41) is 2.91. The van der Waals surface area contributed by atoms with Gasteiger partial charge in [-0.3, -0.25) is 4.79 Å². The van der Waals surface area contributed by atoms with E-state index in [2.05, 4.69) is 25.3 Å². The molecule has 3 rings (SSSR count). The lowest BCUT2D eigenvalue weighted by atomic mass is 10.2. The number of hydrogen-bond donors (Lipinski definition) is 2. The first-order valence-electron chi connectivity index (χ1n) is 7.25. The highest BCUT2D eigenvalue weighted by Crippen LogP contribution is 2.18. The largest absolute Gasteiger partial charge is 0.464 e. The van der Waals surface area contributed by atoms with Crippen LogP contribution in [0.1, 0.15) is 24.5 Å². The molecule has 0 spiro atoms. The predicted octanol–water partition coefficient (Wildman–Crippen LogP) is 1.57. The van der Waals surface area contributed by atoms with Gasteiger partial charge in [0.15, 0.2) is 11.5 Å². The summed E-state index contributed by atoms with van der Waals surface area (Å²) >= 11 is 0. The monoisotopic (exact) mass is 314 g/mol. The van der Waals surface area contributed by atoms with Crippen molar-refractivity contribution in [3.05, 3.63) is 36.3 Å². The van der Waals surface area contributed by atoms with Gasteiger partial charge in [0.2, 0.25) is 5.91 Å². The predicted molar refractivity (Wildman–Crippen MR) is 85.0 cm³/mol. The number of nitrogens with one attached hydrogen (secondary N) is 2. The fourth-order valence-corrected chi connectivity index (χ4v) is 2.38. The lowest BCUT2D eigenvalue weighted by Crippen LogP contribution is -2.36. The van der Waals surface area contributed by atoms with Gasteiger partial charge in [-0.25, -0.2) is 15.0 Å². The molecule has 120 valence electrons. The zero-order valence-electron chi connectivity index (χ0n) is 13.2. The van der Waals surface area contributed by atoms with E-state index in [4.69, 9.17) is 4.42 Å². The standard InChI is InChI=1S/C15H18N6O2/c1-9-4-5-11(23-9)10(2)20-12(22)6-21(3)15-13-14(17-7-16-13)18-8-19-15/h4-5,7-8,10H,6H2,1-3H3,(H,20,22)(H,16,17,18,19). The molecule has 1 unspecified atom stereocenters. The van der Waals surface area contributed by atoms with Crippen molar-refractivity contribution in [3.63, 3.8) is 0 Å². The summed E-state index contributed by atoms with van der Waals surface area (Å²) in [6.07, 6.45) is 2.99. The second-order valence-corrected chi connectivity index (χ2v) is 5.39.